The average molecular weight is 272 g/mol. The smallest absolute Gasteiger partial charge is 0.160 e. The molecule has 0 amide bonds. The summed E-state index contributed by atoms with van der Waals surface area (Å²) in [6.07, 6.45) is 2.79. The summed E-state index contributed by atoms with van der Waals surface area (Å²) in [5.41, 5.74) is 2.90. The molecule has 0 saturated carbocycles. The number of carbonyl (C=O) groups excluding carboxylic acids is 2. The van der Waals surface area contributed by atoms with Crippen molar-refractivity contribution in [3.8, 4) is 10.4 Å². The molecular formula is C16H16O2S. The lowest BCUT2D eigenvalue weighted by Gasteiger charge is -2.08. The number of rotatable bonds is 5. The van der Waals surface area contributed by atoms with E-state index in [1.165, 1.54) is 11.3 Å². The van der Waals surface area contributed by atoms with Gasteiger partial charge in [-0.15, -0.1) is 11.3 Å². The molecule has 1 heterocycles. The summed E-state index contributed by atoms with van der Waals surface area (Å²) in [6, 6.07) is 9.72. The summed E-state index contributed by atoms with van der Waals surface area (Å²) in [5, 5.41) is 0. The van der Waals surface area contributed by atoms with Crippen molar-refractivity contribution in [2.24, 2.45) is 0 Å². The van der Waals surface area contributed by atoms with Crippen molar-refractivity contribution in [3.05, 3.63) is 46.3 Å². The van der Waals surface area contributed by atoms with Crippen molar-refractivity contribution in [1.29, 1.82) is 0 Å². The van der Waals surface area contributed by atoms with Crippen molar-refractivity contribution in [1.82, 2.24) is 0 Å². The fourth-order valence-corrected chi connectivity index (χ4v) is 2.94. The van der Waals surface area contributed by atoms with E-state index in [9.17, 15) is 9.59 Å². The third-order valence-corrected chi connectivity index (χ3v) is 4.10. The van der Waals surface area contributed by atoms with Crippen LogP contribution in [0.2, 0.25) is 0 Å². The number of Topliss-reactive ketones (excluding diaryl/α,β-unsaturated/α-hetero) is 1. The zero-order chi connectivity index (χ0) is 13.8. The molecule has 0 fully saturated rings. The van der Waals surface area contributed by atoms with Gasteiger partial charge in [0.1, 0.15) is 0 Å². The van der Waals surface area contributed by atoms with E-state index in [2.05, 4.69) is 6.92 Å². The first-order valence-corrected chi connectivity index (χ1v) is 7.16. The molecule has 0 aliphatic heterocycles. The van der Waals surface area contributed by atoms with Gasteiger partial charge in [0.25, 0.3) is 0 Å². The van der Waals surface area contributed by atoms with Crippen molar-refractivity contribution in [2.45, 2.75) is 26.7 Å². The van der Waals surface area contributed by atoms with Gasteiger partial charge >= 0.3 is 0 Å². The van der Waals surface area contributed by atoms with Gasteiger partial charge < -0.3 is 0 Å². The van der Waals surface area contributed by atoms with Crippen molar-refractivity contribution in [3.63, 3.8) is 0 Å². The van der Waals surface area contributed by atoms with Crippen LogP contribution in [0.25, 0.3) is 10.4 Å². The Labute approximate surface area is 117 Å². The molecule has 0 atom stereocenters. The van der Waals surface area contributed by atoms with Crippen LogP contribution >= 0.6 is 11.3 Å². The Morgan fingerprint density at radius 3 is 2.63 bits per heavy atom. The minimum Gasteiger partial charge on any atom is -0.297 e. The van der Waals surface area contributed by atoms with Crippen LogP contribution in [-0.4, -0.2) is 12.1 Å². The third kappa shape index (κ3) is 2.99. The minimum absolute atomic E-state index is 0.0949. The molecule has 2 nitrogen and oxygen atoms in total. The first-order valence-electron chi connectivity index (χ1n) is 6.35. The second kappa shape index (κ2) is 5.93. The van der Waals surface area contributed by atoms with Gasteiger partial charge in [-0.1, -0.05) is 25.5 Å². The van der Waals surface area contributed by atoms with Gasteiger partial charge in [-0.25, -0.2) is 0 Å². The Bertz CT molecular complexity index is 611. The van der Waals surface area contributed by atoms with Crippen LogP contribution in [0, 0.1) is 0 Å². The standard InChI is InChI=1S/C16H16O2S/c1-3-4-12-5-6-13(9-15(12)11(2)18)16-8-7-14(10-17)19-16/h5-10H,3-4H2,1-2H3. The number of benzene rings is 1. The number of carbonyl (C=O) groups is 2. The summed E-state index contributed by atoms with van der Waals surface area (Å²) in [7, 11) is 0. The van der Waals surface area contributed by atoms with Crippen LogP contribution < -0.4 is 0 Å². The lowest BCUT2D eigenvalue weighted by molar-refractivity contribution is 0.101. The van der Waals surface area contributed by atoms with E-state index in [1.807, 2.05) is 24.3 Å². The fourth-order valence-electron chi connectivity index (χ4n) is 2.12. The molecule has 3 heteroatoms. The molecule has 0 unspecified atom stereocenters. The maximum absolute atomic E-state index is 11.7. The second-order valence-electron chi connectivity index (χ2n) is 4.50. The van der Waals surface area contributed by atoms with E-state index in [0.29, 0.717) is 4.88 Å². The minimum atomic E-state index is 0.0949. The quantitative estimate of drug-likeness (QED) is 0.598. The zero-order valence-corrected chi connectivity index (χ0v) is 11.9. The first-order chi connectivity index (χ1) is 9.15. The molecule has 0 N–H and O–H groups in total. The Balaban J connectivity index is 2.45. The third-order valence-electron chi connectivity index (χ3n) is 3.04. The molecule has 1 aromatic carbocycles. The second-order valence-corrected chi connectivity index (χ2v) is 5.61. The summed E-state index contributed by atoms with van der Waals surface area (Å²) in [4.78, 5) is 24.2. The summed E-state index contributed by atoms with van der Waals surface area (Å²) in [6.45, 7) is 3.71. The number of hydrogen-bond acceptors (Lipinski definition) is 3. The predicted molar refractivity (Wildman–Crippen MR) is 79.1 cm³/mol. The van der Waals surface area contributed by atoms with E-state index < -0.39 is 0 Å². The molecule has 2 rings (SSSR count). The van der Waals surface area contributed by atoms with Gasteiger partial charge in [-0.2, -0.15) is 0 Å². The van der Waals surface area contributed by atoms with E-state index in [4.69, 9.17) is 0 Å². The lowest BCUT2D eigenvalue weighted by Crippen LogP contribution is -1.99. The molecule has 0 radical (unpaired) electrons. The van der Waals surface area contributed by atoms with Crippen LogP contribution in [0.3, 0.4) is 0 Å². The van der Waals surface area contributed by atoms with Crippen molar-refractivity contribution in [2.75, 3.05) is 0 Å². The van der Waals surface area contributed by atoms with Gasteiger partial charge in [0.15, 0.2) is 12.1 Å². The van der Waals surface area contributed by atoms with E-state index in [1.54, 1.807) is 13.0 Å². The maximum Gasteiger partial charge on any atom is 0.160 e. The topological polar surface area (TPSA) is 34.1 Å². The lowest BCUT2D eigenvalue weighted by atomic mass is 9.97. The number of hydrogen-bond donors (Lipinski definition) is 0. The highest BCUT2D eigenvalue weighted by Crippen LogP contribution is 2.29. The summed E-state index contributed by atoms with van der Waals surface area (Å²) >= 11 is 1.45. The Hall–Kier alpha value is -1.74. The average Bonchev–Trinajstić information content (AvgIpc) is 2.88. The molecule has 98 valence electrons. The number of ketones is 1. The Morgan fingerprint density at radius 1 is 1.26 bits per heavy atom. The fraction of sp³-hybridized carbons (Fsp3) is 0.250. The molecule has 19 heavy (non-hydrogen) atoms. The van der Waals surface area contributed by atoms with Gasteiger partial charge in [-0.3, -0.25) is 9.59 Å². The Morgan fingerprint density at radius 2 is 2.05 bits per heavy atom. The SMILES string of the molecule is CCCc1ccc(-c2ccc(C=O)s2)cc1C(C)=O. The van der Waals surface area contributed by atoms with Gasteiger partial charge in [-0.05, 0) is 42.7 Å². The van der Waals surface area contributed by atoms with Crippen LogP contribution in [0.1, 0.15) is 45.9 Å². The monoisotopic (exact) mass is 272 g/mol. The zero-order valence-electron chi connectivity index (χ0n) is 11.1. The summed E-state index contributed by atoms with van der Waals surface area (Å²) in [5.74, 6) is 0.0949. The highest BCUT2D eigenvalue weighted by atomic mass is 32.1. The van der Waals surface area contributed by atoms with Crippen LogP contribution in [0.5, 0.6) is 0 Å². The highest BCUT2D eigenvalue weighted by molar-refractivity contribution is 7.17. The van der Waals surface area contributed by atoms with Crippen LogP contribution in [-0.2, 0) is 6.42 Å². The predicted octanol–water partition coefficient (Wildman–Crippen LogP) is 4.38. The van der Waals surface area contributed by atoms with Crippen LogP contribution in [0.15, 0.2) is 30.3 Å². The van der Waals surface area contributed by atoms with E-state index in [-0.39, 0.29) is 5.78 Å². The first kappa shape index (κ1) is 13.7. The van der Waals surface area contributed by atoms with E-state index >= 15 is 0 Å². The highest BCUT2D eigenvalue weighted by Gasteiger charge is 2.10. The molecule has 0 saturated heterocycles. The van der Waals surface area contributed by atoms with E-state index in [0.717, 1.165) is 40.7 Å². The Kier molecular flexibility index (Phi) is 4.27. The van der Waals surface area contributed by atoms with Gasteiger partial charge in [0, 0.05) is 10.4 Å². The normalized spacial score (nSPS) is 10.4. The molecule has 2 aromatic rings. The molecule has 0 aliphatic rings. The maximum atomic E-state index is 11.7. The molecule has 0 bridgehead atoms. The largest absolute Gasteiger partial charge is 0.297 e. The van der Waals surface area contributed by atoms with Crippen LogP contribution in [0.4, 0.5) is 0 Å². The molecule has 0 aliphatic carbocycles. The molecular weight excluding hydrogens is 256 g/mol. The molecule has 1 aromatic heterocycles. The molecule has 0 spiro atoms. The van der Waals surface area contributed by atoms with Gasteiger partial charge in [0.05, 0.1) is 4.88 Å². The number of thiophene rings is 1. The summed E-state index contributed by atoms with van der Waals surface area (Å²) < 4.78 is 0. The van der Waals surface area contributed by atoms with Gasteiger partial charge in [0.2, 0.25) is 0 Å². The number of aryl methyl sites for hydroxylation is 1. The van der Waals surface area contributed by atoms with Crippen molar-refractivity contribution >= 4 is 23.4 Å². The number of aldehydes is 1. The van der Waals surface area contributed by atoms with Crippen molar-refractivity contribution < 1.29 is 9.59 Å².